The summed E-state index contributed by atoms with van der Waals surface area (Å²) >= 11 is 0.803. The molecular formula is C20H14N2O7S2. The number of aromatic hydroxyl groups is 1. The highest BCUT2D eigenvalue weighted by Gasteiger charge is 2.19. The summed E-state index contributed by atoms with van der Waals surface area (Å²) < 4.78 is 37.8. The van der Waals surface area contributed by atoms with E-state index in [4.69, 9.17) is 5.26 Å². The molecule has 31 heavy (non-hydrogen) atoms. The van der Waals surface area contributed by atoms with Crippen LogP contribution in [-0.4, -0.2) is 23.3 Å². The molecule has 4 rings (SSSR count). The minimum Gasteiger partial charge on any atom is -0.505 e. The quantitative estimate of drug-likeness (QED) is 0.108. The summed E-state index contributed by atoms with van der Waals surface area (Å²) in [4.78, 5) is 0.262. The fourth-order valence-corrected chi connectivity index (χ4v) is 4.39. The largest absolute Gasteiger partial charge is 0.505 e. The third kappa shape index (κ3) is 4.23. The standard InChI is InChI=1S/C20H14N2O7S2/c23-20-15-8-4-3-7-14(15)19(31(25,26)27)11-17(20)22-21-16-9-10-18(30-29-28-24)13-6-2-1-5-12(13)16/h1-11,23-24H,(H,25,26,27). The maximum Gasteiger partial charge on any atom is 0.295 e. The first kappa shape index (κ1) is 21.2. The van der Waals surface area contributed by atoms with Crippen molar-refractivity contribution in [1.29, 1.82) is 0 Å². The molecule has 0 aliphatic heterocycles. The van der Waals surface area contributed by atoms with Crippen molar-refractivity contribution in [3.8, 4) is 5.75 Å². The van der Waals surface area contributed by atoms with Crippen LogP contribution >= 0.6 is 12.0 Å². The van der Waals surface area contributed by atoms with Crippen molar-refractivity contribution in [3.63, 3.8) is 0 Å². The Morgan fingerprint density at radius 3 is 2.10 bits per heavy atom. The number of phenols is 1. The van der Waals surface area contributed by atoms with Crippen LogP contribution in [0.2, 0.25) is 0 Å². The van der Waals surface area contributed by atoms with Crippen molar-refractivity contribution >= 4 is 55.1 Å². The molecule has 0 radical (unpaired) electrons. The summed E-state index contributed by atoms with van der Waals surface area (Å²) in [5.74, 6) is -0.267. The molecule has 0 heterocycles. The van der Waals surface area contributed by atoms with Gasteiger partial charge in [0.15, 0.2) is 5.75 Å². The fraction of sp³-hybridized carbons (Fsp3) is 0. The lowest BCUT2D eigenvalue weighted by Gasteiger charge is -2.09. The second-order valence-corrected chi connectivity index (χ2v) is 8.45. The van der Waals surface area contributed by atoms with Gasteiger partial charge in [0.1, 0.15) is 10.6 Å². The lowest BCUT2D eigenvalue weighted by Crippen LogP contribution is -1.99. The minimum absolute atomic E-state index is 0.120. The Labute approximate surface area is 180 Å². The average Bonchev–Trinajstić information content (AvgIpc) is 2.77. The van der Waals surface area contributed by atoms with Crippen LogP contribution in [0, 0.1) is 0 Å². The van der Waals surface area contributed by atoms with Crippen LogP contribution < -0.4 is 0 Å². The molecule has 0 saturated carbocycles. The van der Waals surface area contributed by atoms with E-state index in [0.29, 0.717) is 16.0 Å². The summed E-state index contributed by atoms with van der Waals surface area (Å²) in [5, 5.41) is 32.6. The van der Waals surface area contributed by atoms with Gasteiger partial charge in [-0.2, -0.15) is 8.42 Å². The number of nitrogens with zero attached hydrogens (tertiary/aromatic N) is 2. The third-order valence-electron chi connectivity index (χ3n) is 4.52. The van der Waals surface area contributed by atoms with E-state index >= 15 is 0 Å². The van der Waals surface area contributed by atoms with E-state index in [1.54, 1.807) is 48.5 Å². The lowest BCUT2D eigenvalue weighted by atomic mass is 10.1. The summed E-state index contributed by atoms with van der Waals surface area (Å²) in [6.07, 6.45) is 0. The Morgan fingerprint density at radius 1 is 0.806 bits per heavy atom. The third-order valence-corrected chi connectivity index (χ3v) is 6.07. The molecule has 0 amide bonds. The zero-order valence-electron chi connectivity index (χ0n) is 15.5. The van der Waals surface area contributed by atoms with Crippen LogP contribution in [0.5, 0.6) is 5.75 Å². The van der Waals surface area contributed by atoms with Gasteiger partial charge in [0.05, 0.1) is 17.7 Å². The van der Waals surface area contributed by atoms with Gasteiger partial charge in [-0.1, -0.05) is 53.6 Å². The Balaban J connectivity index is 1.84. The summed E-state index contributed by atoms with van der Waals surface area (Å²) in [6.45, 7) is 0. The van der Waals surface area contributed by atoms with Crippen molar-refractivity contribution in [2.75, 3.05) is 0 Å². The fourth-order valence-electron chi connectivity index (χ4n) is 3.18. The number of hydrogen-bond acceptors (Lipinski definition) is 9. The van der Waals surface area contributed by atoms with Crippen LogP contribution in [-0.2, 0) is 19.5 Å². The topological polar surface area (TPSA) is 138 Å². The maximum absolute atomic E-state index is 11.8. The molecule has 4 aromatic carbocycles. The summed E-state index contributed by atoms with van der Waals surface area (Å²) in [6, 6.07) is 17.8. The van der Waals surface area contributed by atoms with E-state index in [2.05, 4.69) is 19.6 Å². The molecule has 4 aromatic rings. The molecule has 0 aromatic heterocycles. The lowest BCUT2D eigenvalue weighted by molar-refractivity contribution is -0.432. The first-order chi connectivity index (χ1) is 14.9. The van der Waals surface area contributed by atoms with E-state index in [9.17, 15) is 18.1 Å². The first-order valence-corrected chi connectivity index (χ1v) is 10.9. The van der Waals surface area contributed by atoms with Gasteiger partial charge in [0.2, 0.25) is 0 Å². The van der Waals surface area contributed by atoms with E-state index in [-0.39, 0.29) is 27.1 Å². The van der Waals surface area contributed by atoms with Gasteiger partial charge in [-0.05, 0) is 23.6 Å². The van der Waals surface area contributed by atoms with Crippen molar-refractivity contribution in [2.24, 2.45) is 10.2 Å². The van der Waals surface area contributed by atoms with Gasteiger partial charge in [-0.15, -0.1) is 14.6 Å². The van der Waals surface area contributed by atoms with Crippen molar-refractivity contribution in [1.82, 2.24) is 0 Å². The number of rotatable bonds is 6. The maximum atomic E-state index is 11.8. The van der Waals surface area contributed by atoms with E-state index in [1.165, 1.54) is 12.1 Å². The van der Waals surface area contributed by atoms with Gasteiger partial charge in [-0.25, -0.2) is 5.26 Å². The number of azo groups is 1. The van der Waals surface area contributed by atoms with E-state index in [1.807, 2.05) is 0 Å². The SMILES string of the molecule is O=S(=O)(O)c1cc(N=Nc2ccc(SOOO)c3ccccc23)c(O)c2ccccc12. The Kier molecular flexibility index (Phi) is 5.87. The van der Waals surface area contributed by atoms with Crippen molar-refractivity contribution in [3.05, 3.63) is 66.7 Å². The molecule has 158 valence electrons. The zero-order valence-corrected chi connectivity index (χ0v) is 17.2. The molecule has 0 spiro atoms. The van der Waals surface area contributed by atoms with Crippen LogP contribution in [0.4, 0.5) is 11.4 Å². The second kappa shape index (κ2) is 8.59. The molecule has 0 aliphatic rings. The van der Waals surface area contributed by atoms with Gasteiger partial charge in [-0.3, -0.25) is 4.55 Å². The molecule has 0 bridgehead atoms. The average molecular weight is 458 g/mol. The Morgan fingerprint density at radius 2 is 1.42 bits per heavy atom. The smallest absolute Gasteiger partial charge is 0.295 e. The van der Waals surface area contributed by atoms with Crippen LogP contribution in [0.25, 0.3) is 21.5 Å². The normalized spacial score (nSPS) is 12.2. The number of phenolic OH excluding ortho intramolecular Hbond substituents is 1. The van der Waals surface area contributed by atoms with E-state index < -0.39 is 10.1 Å². The predicted octanol–water partition coefficient (Wildman–Crippen LogP) is 5.79. The highest BCUT2D eigenvalue weighted by Crippen LogP contribution is 2.40. The van der Waals surface area contributed by atoms with Gasteiger partial charge < -0.3 is 5.11 Å². The summed E-state index contributed by atoms with van der Waals surface area (Å²) in [5.41, 5.74) is 0.316. The molecule has 0 unspecified atom stereocenters. The van der Waals surface area contributed by atoms with Crippen LogP contribution in [0.15, 0.2) is 86.7 Å². The van der Waals surface area contributed by atoms with Crippen molar-refractivity contribution < 1.29 is 32.7 Å². The highest BCUT2D eigenvalue weighted by molar-refractivity contribution is 7.94. The molecule has 9 nitrogen and oxygen atoms in total. The van der Waals surface area contributed by atoms with Gasteiger partial charge in [0, 0.05) is 21.1 Å². The Hall–Kier alpha value is -3.06. The molecule has 0 atom stereocenters. The molecule has 11 heteroatoms. The summed E-state index contributed by atoms with van der Waals surface area (Å²) in [7, 11) is -4.56. The first-order valence-electron chi connectivity index (χ1n) is 8.70. The monoisotopic (exact) mass is 458 g/mol. The second-order valence-electron chi connectivity index (χ2n) is 6.32. The molecule has 0 fully saturated rings. The van der Waals surface area contributed by atoms with Gasteiger partial charge >= 0.3 is 0 Å². The van der Waals surface area contributed by atoms with Crippen LogP contribution in [0.1, 0.15) is 0 Å². The molecule has 0 saturated heterocycles. The molecule has 0 aliphatic carbocycles. The molecule has 3 N–H and O–H groups in total. The number of hydrogen-bond donors (Lipinski definition) is 3. The Bertz CT molecular complexity index is 1420. The van der Waals surface area contributed by atoms with E-state index in [0.717, 1.165) is 23.5 Å². The minimum atomic E-state index is -4.56. The predicted molar refractivity (Wildman–Crippen MR) is 114 cm³/mol. The van der Waals surface area contributed by atoms with Crippen LogP contribution in [0.3, 0.4) is 0 Å². The molecular weight excluding hydrogens is 444 g/mol. The van der Waals surface area contributed by atoms with Crippen molar-refractivity contribution in [2.45, 2.75) is 9.79 Å². The zero-order chi connectivity index (χ0) is 22.0. The van der Waals surface area contributed by atoms with Gasteiger partial charge in [0.25, 0.3) is 10.1 Å². The number of benzene rings is 4. The highest BCUT2D eigenvalue weighted by atomic mass is 32.2. The number of fused-ring (bicyclic) bond motifs is 2.